The smallest absolute Gasteiger partial charge is 0.433 e. The molecule has 1 fully saturated rings. The summed E-state index contributed by atoms with van der Waals surface area (Å²) in [7, 11) is 1.56. The molecule has 0 bridgehead atoms. The topological polar surface area (TPSA) is 121 Å². The van der Waals surface area contributed by atoms with Gasteiger partial charge in [0.05, 0.1) is 12.1 Å². The molecule has 2 aromatic heterocycles. The van der Waals surface area contributed by atoms with Gasteiger partial charge in [-0.1, -0.05) is 6.07 Å². The summed E-state index contributed by atoms with van der Waals surface area (Å²) < 4.78 is 51.7. The molecule has 2 amide bonds. The van der Waals surface area contributed by atoms with Gasteiger partial charge >= 0.3 is 6.18 Å². The van der Waals surface area contributed by atoms with Gasteiger partial charge in [-0.2, -0.15) is 18.3 Å². The van der Waals surface area contributed by atoms with E-state index in [1.807, 2.05) is 0 Å². The normalized spacial score (nSPS) is 18.4. The number of carbonyl (C=O) groups is 2. The van der Waals surface area contributed by atoms with Crippen LogP contribution in [0.3, 0.4) is 0 Å². The van der Waals surface area contributed by atoms with Crippen LogP contribution in [-0.4, -0.2) is 45.3 Å². The highest BCUT2D eigenvalue weighted by Gasteiger charge is 2.43. The lowest BCUT2D eigenvalue weighted by Gasteiger charge is -2.24. The molecule has 0 aliphatic carbocycles. The van der Waals surface area contributed by atoms with E-state index in [0.29, 0.717) is 10.9 Å². The molecular weight excluding hydrogens is 443 g/mol. The van der Waals surface area contributed by atoms with Crippen LogP contribution in [0.15, 0.2) is 36.5 Å². The third-order valence-corrected chi connectivity index (χ3v) is 5.42. The Balaban J connectivity index is 1.61. The second-order valence-corrected chi connectivity index (χ2v) is 7.65. The highest BCUT2D eigenvalue weighted by molar-refractivity contribution is 6.07. The molecule has 1 aliphatic heterocycles. The van der Waals surface area contributed by atoms with Gasteiger partial charge in [-0.05, 0) is 24.3 Å². The van der Waals surface area contributed by atoms with E-state index in [0.717, 1.165) is 6.20 Å². The van der Waals surface area contributed by atoms with Gasteiger partial charge in [0.1, 0.15) is 23.6 Å². The fourth-order valence-corrected chi connectivity index (χ4v) is 3.70. The van der Waals surface area contributed by atoms with Crippen LogP contribution >= 0.6 is 0 Å². The molecule has 3 aromatic rings. The Hall–Kier alpha value is -3.67. The van der Waals surface area contributed by atoms with Gasteiger partial charge in [-0.3, -0.25) is 19.3 Å². The SMILES string of the molecule is Cn1nc2ccc(OCc3cccnc3C(F)(F)F)cc2c1C(=O)NC1(C(N)=O)CCOC1. The number of halogens is 3. The summed E-state index contributed by atoms with van der Waals surface area (Å²) in [6.07, 6.45) is -3.31. The molecule has 0 saturated carbocycles. The zero-order valence-electron chi connectivity index (χ0n) is 17.5. The van der Waals surface area contributed by atoms with Gasteiger partial charge in [-0.15, -0.1) is 0 Å². The first-order valence-corrected chi connectivity index (χ1v) is 9.91. The third-order valence-electron chi connectivity index (χ3n) is 5.42. The molecule has 9 nitrogen and oxygen atoms in total. The average Bonchev–Trinajstić information content (AvgIpc) is 3.35. The molecule has 3 N–H and O–H groups in total. The van der Waals surface area contributed by atoms with Crippen molar-refractivity contribution in [2.45, 2.75) is 24.7 Å². The fraction of sp³-hybridized carbons (Fsp3) is 0.333. The van der Waals surface area contributed by atoms with Crippen LogP contribution < -0.4 is 15.8 Å². The van der Waals surface area contributed by atoms with E-state index >= 15 is 0 Å². The van der Waals surface area contributed by atoms with Crippen molar-refractivity contribution in [2.75, 3.05) is 13.2 Å². The zero-order valence-corrected chi connectivity index (χ0v) is 17.5. The summed E-state index contributed by atoms with van der Waals surface area (Å²) in [6, 6.07) is 7.30. The lowest BCUT2D eigenvalue weighted by Crippen LogP contribution is -2.58. The maximum absolute atomic E-state index is 13.2. The van der Waals surface area contributed by atoms with Crippen LogP contribution in [-0.2, 0) is 29.4 Å². The first-order valence-electron chi connectivity index (χ1n) is 9.91. The van der Waals surface area contributed by atoms with Crippen molar-refractivity contribution in [3.05, 3.63) is 53.5 Å². The number of primary amides is 1. The molecule has 33 heavy (non-hydrogen) atoms. The minimum Gasteiger partial charge on any atom is -0.489 e. The number of fused-ring (bicyclic) bond motifs is 1. The van der Waals surface area contributed by atoms with Crippen molar-refractivity contribution in [2.24, 2.45) is 12.8 Å². The number of hydrogen-bond donors (Lipinski definition) is 2. The van der Waals surface area contributed by atoms with Crippen molar-refractivity contribution >= 4 is 22.7 Å². The number of rotatable bonds is 6. The number of nitrogens with zero attached hydrogens (tertiary/aromatic N) is 3. The van der Waals surface area contributed by atoms with E-state index in [-0.39, 0.29) is 43.2 Å². The van der Waals surface area contributed by atoms with Crippen LogP contribution in [0.5, 0.6) is 5.75 Å². The largest absolute Gasteiger partial charge is 0.489 e. The average molecular weight is 463 g/mol. The zero-order chi connectivity index (χ0) is 23.8. The number of aryl methyl sites for hydroxylation is 1. The number of alkyl halides is 3. The van der Waals surface area contributed by atoms with Crippen molar-refractivity contribution in [1.29, 1.82) is 0 Å². The van der Waals surface area contributed by atoms with Gasteiger partial charge in [0.2, 0.25) is 5.91 Å². The van der Waals surface area contributed by atoms with Crippen LogP contribution in [0.25, 0.3) is 10.9 Å². The Labute approximate surface area is 185 Å². The van der Waals surface area contributed by atoms with E-state index < -0.39 is 29.2 Å². The molecule has 1 unspecified atom stereocenters. The summed E-state index contributed by atoms with van der Waals surface area (Å²) >= 11 is 0. The van der Waals surface area contributed by atoms with E-state index in [9.17, 15) is 22.8 Å². The van der Waals surface area contributed by atoms with Crippen LogP contribution in [0.1, 0.15) is 28.2 Å². The Bertz CT molecular complexity index is 1220. The highest BCUT2D eigenvalue weighted by Crippen LogP contribution is 2.31. The summed E-state index contributed by atoms with van der Waals surface area (Å²) in [5, 5.41) is 7.33. The number of nitrogens with two attached hydrogens (primary N) is 1. The van der Waals surface area contributed by atoms with Gasteiger partial charge in [-0.25, -0.2) is 0 Å². The van der Waals surface area contributed by atoms with E-state index in [1.165, 1.54) is 28.9 Å². The molecule has 0 spiro atoms. The van der Waals surface area contributed by atoms with Crippen molar-refractivity contribution in [3.8, 4) is 5.75 Å². The molecule has 174 valence electrons. The Morgan fingerprint density at radius 2 is 2.12 bits per heavy atom. The summed E-state index contributed by atoms with van der Waals surface area (Å²) in [6.45, 7) is -0.134. The van der Waals surface area contributed by atoms with Crippen LogP contribution in [0.2, 0.25) is 0 Å². The minimum atomic E-state index is -4.61. The molecule has 12 heteroatoms. The molecule has 1 saturated heterocycles. The van der Waals surface area contributed by atoms with E-state index in [4.69, 9.17) is 15.2 Å². The number of aromatic nitrogens is 3. The summed E-state index contributed by atoms with van der Waals surface area (Å²) in [5.41, 5.74) is 3.61. The quantitative estimate of drug-likeness (QED) is 0.576. The number of benzene rings is 1. The number of carbonyl (C=O) groups excluding carboxylic acids is 2. The molecular formula is C21H20F3N5O4. The molecule has 3 heterocycles. The predicted molar refractivity (Wildman–Crippen MR) is 109 cm³/mol. The van der Waals surface area contributed by atoms with Gasteiger partial charge in [0.15, 0.2) is 5.69 Å². The highest BCUT2D eigenvalue weighted by atomic mass is 19.4. The lowest BCUT2D eigenvalue weighted by molar-refractivity contribution is -0.142. The molecule has 0 radical (unpaired) electrons. The lowest BCUT2D eigenvalue weighted by atomic mass is 9.97. The fourth-order valence-electron chi connectivity index (χ4n) is 3.70. The summed E-state index contributed by atoms with van der Waals surface area (Å²) in [5.74, 6) is -1.07. The Morgan fingerprint density at radius 1 is 1.33 bits per heavy atom. The maximum atomic E-state index is 13.2. The number of pyridine rings is 1. The molecule has 1 atom stereocenters. The number of hydrogen-bond acceptors (Lipinski definition) is 6. The predicted octanol–water partition coefficient (Wildman–Crippen LogP) is 1.94. The van der Waals surface area contributed by atoms with Crippen molar-refractivity contribution in [3.63, 3.8) is 0 Å². The van der Waals surface area contributed by atoms with E-state index in [1.54, 1.807) is 13.1 Å². The number of nitrogens with one attached hydrogen (secondary N) is 1. The Morgan fingerprint density at radius 3 is 2.79 bits per heavy atom. The second kappa shape index (κ2) is 8.35. The number of amides is 2. The van der Waals surface area contributed by atoms with Gasteiger partial charge < -0.3 is 20.5 Å². The van der Waals surface area contributed by atoms with Crippen molar-refractivity contribution < 1.29 is 32.2 Å². The van der Waals surface area contributed by atoms with Crippen LogP contribution in [0.4, 0.5) is 13.2 Å². The van der Waals surface area contributed by atoms with Crippen LogP contribution in [0, 0.1) is 0 Å². The van der Waals surface area contributed by atoms with E-state index in [2.05, 4.69) is 15.4 Å². The third kappa shape index (κ3) is 4.33. The molecule has 4 rings (SSSR count). The maximum Gasteiger partial charge on any atom is 0.433 e. The second-order valence-electron chi connectivity index (χ2n) is 7.65. The number of ether oxygens (including phenoxy) is 2. The van der Waals surface area contributed by atoms with Crippen molar-refractivity contribution in [1.82, 2.24) is 20.1 Å². The standard InChI is InChI=1S/C21H20F3N5O4/c1-29-16(18(30)27-20(19(25)31)6-8-32-11-20)14-9-13(4-5-15(14)28-29)33-10-12-3-2-7-26-17(12)21(22,23)24/h2-5,7,9H,6,8,10-11H2,1H3,(H2,25,31)(H,27,30). The molecule has 1 aliphatic rings. The first-order chi connectivity index (χ1) is 15.6. The van der Waals surface area contributed by atoms with Gasteiger partial charge in [0.25, 0.3) is 5.91 Å². The monoisotopic (exact) mass is 463 g/mol. The molecule has 1 aromatic carbocycles. The Kier molecular flexibility index (Phi) is 5.70. The minimum absolute atomic E-state index is 0.0368. The summed E-state index contributed by atoms with van der Waals surface area (Å²) in [4.78, 5) is 28.4. The first kappa shape index (κ1) is 22.5. The van der Waals surface area contributed by atoms with Gasteiger partial charge in [0, 0.05) is 37.2 Å².